The summed E-state index contributed by atoms with van der Waals surface area (Å²) < 4.78 is 5.04. The van der Waals surface area contributed by atoms with E-state index >= 15 is 0 Å². The van der Waals surface area contributed by atoms with E-state index in [0.29, 0.717) is 24.9 Å². The number of allylic oxidation sites excluding steroid dienone is 4. The Morgan fingerprint density at radius 1 is 1.21 bits per heavy atom. The molecule has 34 heavy (non-hydrogen) atoms. The van der Waals surface area contributed by atoms with Gasteiger partial charge < -0.3 is 9.84 Å². The van der Waals surface area contributed by atoms with Crippen molar-refractivity contribution in [3.8, 4) is 0 Å². The molecule has 0 heterocycles. The lowest BCUT2D eigenvalue weighted by molar-refractivity contribution is -0.137. The molecule has 2 fully saturated rings. The van der Waals surface area contributed by atoms with Crippen molar-refractivity contribution in [2.75, 3.05) is 6.61 Å². The number of carbonyl (C=O) groups excluding carboxylic acids is 2. The Hall–Kier alpha value is -2.46. The van der Waals surface area contributed by atoms with Crippen molar-refractivity contribution >= 4 is 17.8 Å². The van der Waals surface area contributed by atoms with Crippen LogP contribution in [0.1, 0.15) is 82.8 Å². The van der Waals surface area contributed by atoms with Gasteiger partial charge >= 0.3 is 5.97 Å². The fourth-order valence-electron chi connectivity index (χ4n) is 7.41. The summed E-state index contributed by atoms with van der Waals surface area (Å²) in [4.78, 5) is 24.0. The first-order chi connectivity index (χ1) is 16.2. The van der Waals surface area contributed by atoms with Crippen LogP contribution in [0.15, 0.2) is 53.1 Å². The Morgan fingerprint density at radius 3 is 2.82 bits per heavy atom. The van der Waals surface area contributed by atoms with Gasteiger partial charge in [0.25, 0.3) is 0 Å². The topological polar surface area (TPSA) is 63.6 Å². The molecule has 5 atom stereocenters. The molecule has 0 aromatic heterocycles. The lowest BCUT2D eigenvalue weighted by atomic mass is 9.51. The van der Waals surface area contributed by atoms with Crippen LogP contribution in [-0.4, -0.2) is 29.1 Å². The first-order valence-electron chi connectivity index (χ1n) is 12.9. The minimum Gasteiger partial charge on any atom is -0.463 e. The average Bonchev–Trinajstić information content (AvgIpc) is 3.06. The number of ketones is 1. The predicted molar refractivity (Wildman–Crippen MR) is 133 cm³/mol. The minimum absolute atomic E-state index is 0.144. The first-order valence-corrected chi connectivity index (χ1v) is 12.9. The van der Waals surface area contributed by atoms with Crippen LogP contribution in [0.3, 0.4) is 0 Å². The summed E-state index contributed by atoms with van der Waals surface area (Å²) in [6.07, 6.45) is 11.5. The third-order valence-electron chi connectivity index (χ3n) is 9.31. The van der Waals surface area contributed by atoms with E-state index in [9.17, 15) is 14.7 Å². The maximum Gasteiger partial charge on any atom is 0.330 e. The monoisotopic (exact) mass is 460 g/mol. The fourth-order valence-corrected chi connectivity index (χ4v) is 7.41. The predicted octanol–water partition coefficient (Wildman–Crippen LogP) is 5.91. The number of esters is 1. The number of rotatable bonds is 4. The molecule has 1 aromatic rings. The Bertz CT molecular complexity index is 1100. The number of hydrogen-bond acceptors (Lipinski definition) is 4. The fraction of sp³-hybridized carbons (Fsp3) is 0.533. The summed E-state index contributed by atoms with van der Waals surface area (Å²) in [6.45, 7) is 6.51. The van der Waals surface area contributed by atoms with Crippen molar-refractivity contribution < 1.29 is 19.4 Å². The van der Waals surface area contributed by atoms with E-state index in [1.165, 1.54) is 28.4 Å². The van der Waals surface area contributed by atoms with Crippen LogP contribution >= 0.6 is 0 Å². The lowest BCUT2D eigenvalue weighted by Gasteiger charge is -2.54. The van der Waals surface area contributed by atoms with Gasteiger partial charge in [0.1, 0.15) is 0 Å². The molecule has 3 unspecified atom stereocenters. The Kier molecular flexibility index (Phi) is 5.92. The summed E-state index contributed by atoms with van der Waals surface area (Å²) >= 11 is 0. The smallest absolute Gasteiger partial charge is 0.330 e. The molecule has 0 radical (unpaired) electrons. The molecule has 4 aliphatic carbocycles. The van der Waals surface area contributed by atoms with Crippen molar-refractivity contribution in [1.82, 2.24) is 0 Å². The summed E-state index contributed by atoms with van der Waals surface area (Å²) in [5.41, 5.74) is 5.58. The number of aliphatic hydroxyl groups is 1. The molecule has 5 rings (SSSR count). The van der Waals surface area contributed by atoms with Crippen molar-refractivity contribution in [2.24, 2.45) is 17.3 Å². The first kappa shape index (κ1) is 23.3. The van der Waals surface area contributed by atoms with Gasteiger partial charge in [0, 0.05) is 23.8 Å². The van der Waals surface area contributed by atoms with Gasteiger partial charge in [-0.05, 0) is 98.6 Å². The lowest BCUT2D eigenvalue weighted by Crippen LogP contribution is -2.50. The molecule has 0 bridgehead atoms. The molecular formula is C30H36O4. The Morgan fingerprint density at radius 2 is 2.03 bits per heavy atom. The third kappa shape index (κ3) is 3.80. The van der Waals surface area contributed by atoms with Crippen molar-refractivity contribution in [1.29, 1.82) is 0 Å². The van der Waals surface area contributed by atoms with Crippen LogP contribution in [0.5, 0.6) is 0 Å². The molecule has 4 heteroatoms. The van der Waals surface area contributed by atoms with Crippen LogP contribution in [0, 0.1) is 17.3 Å². The molecule has 0 saturated heterocycles. The zero-order valence-electron chi connectivity index (χ0n) is 20.6. The molecule has 1 N–H and O–H groups in total. The Balaban J connectivity index is 1.60. The van der Waals surface area contributed by atoms with Gasteiger partial charge in [0.2, 0.25) is 0 Å². The molecule has 4 nitrogen and oxygen atoms in total. The summed E-state index contributed by atoms with van der Waals surface area (Å²) in [5.74, 6) is 1.06. The maximum atomic E-state index is 12.2. The van der Waals surface area contributed by atoms with E-state index in [1.807, 2.05) is 25.1 Å². The number of benzene rings is 1. The van der Waals surface area contributed by atoms with Gasteiger partial charge in [-0.2, -0.15) is 0 Å². The SMILES string of the molecule is CCOC(=O)/C=C/c1cccc([C@H]2C[C@@]3(C)C(CCC3(C)O)C3CCC4=CC(=O)CCC4=C32)c1. The Labute approximate surface area is 202 Å². The highest BCUT2D eigenvalue weighted by molar-refractivity contribution is 5.93. The molecule has 1 aromatic carbocycles. The highest BCUT2D eigenvalue weighted by atomic mass is 16.5. The summed E-state index contributed by atoms with van der Waals surface area (Å²) in [7, 11) is 0. The van der Waals surface area contributed by atoms with Gasteiger partial charge in [-0.25, -0.2) is 4.79 Å². The highest BCUT2D eigenvalue weighted by Gasteiger charge is 2.60. The molecule has 4 aliphatic rings. The third-order valence-corrected chi connectivity index (χ3v) is 9.31. The van der Waals surface area contributed by atoms with E-state index in [-0.39, 0.29) is 23.1 Å². The quantitative estimate of drug-likeness (QED) is 0.448. The average molecular weight is 461 g/mol. The van der Waals surface area contributed by atoms with Gasteiger partial charge in [0.15, 0.2) is 5.78 Å². The van der Waals surface area contributed by atoms with Crippen molar-refractivity contribution in [3.63, 3.8) is 0 Å². The normalized spacial score (nSPS) is 35.0. The second-order valence-electron chi connectivity index (χ2n) is 11.1. The molecule has 0 amide bonds. The van der Waals surface area contributed by atoms with Crippen molar-refractivity contribution in [3.05, 3.63) is 64.3 Å². The molecule has 2 saturated carbocycles. The number of carbonyl (C=O) groups is 2. The largest absolute Gasteiger partial charge is 0.463 e. The van der Waals surface area contributed by atoms with Gasteiger partial charge in [-0.1, -0.05) is 36.8 Å². The zero-order valence-corrected chi connectivity index (χ0v) is 20.6. The maximum absolute atomic E-state index is 12.2. The number of fused-ring (bicyclic) bond motifs is 4. The van der Waals surface area contributed by atoms with Gasteiger partial charge in [-0.15, -0.1) is 0 Å². The zero-order chi connectivity index (χ0) is 24.1. The molecule has 0 aliphatic heterocycles. The van der Waals surface area contributed by atoms with Gasteiger partial charge in [0.05, 0.1) is 12.2 Å². The van der Waals surface area contributed by atoms with Crippen LogP contribution in [0.25, 0.3) is 6.08 Å². The van der Waals surface area contributed by atoms with E-state index in [0.717, 1.165) is 44.1 Å². The van der Waals surface area contributed by atoms with Crippen molar-refractivity contribution in [2.45, 2.75) is 77.2 Å². The van der Waals surface area contributed by atoms with Crippen LogP contribution in [-0.2, 0) is 14.3 Å². The summed E-state index contributed by atoms with van der Waals surface area (Å²) in [6, 6.07) is 8.45. The van der Waals surface area contributed by atoms with Crippen LogP contribution < -0.4 is 0 Å². The van der Waals surface area contributed by atoms with E-state index < -0.39 is 5.60 Å². The van der Waals surface area contributed by atoms with E-state index in [1.54, 1.807) is 6.92 Å². The van der Waals surface area contributed by atoms with Crippen LogP contribution in [0.2, 0.25) is 0 Å². The minimum atomic E-state index is -0.674. The molecule has 180 valence electrons. The van der Waals surface area contributed by atoms with Gasteiger partial charge in [-0.3, -0.25) is 4.79 Å². The van der Waals surface area contributed by atoms with Crippen LogP contribution in [0.4, 0.5) is 0 Å². The second-order valence-corrected chi connectivity index (χ2v) is 11.1. The molecular weight excluding hydrogens is 424 g/mol. The summed E-state index contributed by atoms with van der Waals surface area (Å²) in [5, 5.41) is 11.5. The number of ether oxygens (including phenoxy) is 1. The number of hydrogen-bond donors (Lipinski definition) is 1. The van der Waals surface area contributed by atoms with E-state index in [2.05, 4.69) is 25.1 Å². The standard InChI is InChI=1S/C30H36O4/c1-4-34-27(32)13-8-19-6-5-7-20(16-19)25-18-29(2)26(14-15-30(29,3)33)24-11-9-21-17-22(31)10-12-23(21)28(24)25/h5-8,13,16-17,24-26,33H,4,9-12,14-15,18H2,1-3H3/b13-8+/t24?,25-,26?,29+,30?/m1/s1. The molecule has 0 spiro atoms. The highest BCUT2D eigenvalue weighted by Crippen LogP contribution is 2.66. The van der Waals surface area contributed by atoms with E-state index in [4.69, 9.17) is 4.74 Å². The second kappa shape index (κ2) is 8.64.